The number of carbonyl (C=O) groups is 4. The number of aliphatic hydroxyl groups is 1. The number of carbonyl (C=O) groups excluding carboxylic acids is 2. The normalized spacial score (nSPS) is 14.3. The Hall–Kier alpha value is -7.16. The first kappa shape index (κ1) is 52.2. The molecule has 1 amide bonds. The maximum Gasteiger partial charge on any atom is 0.341 e. The van der Waals surface area contributed by atoms with E-state index in [0.29, 0.717) is 38.1 Å². The number of allylic oxidation sites excluding steroid dienone is 2. The first-order valence-corrected chi connectivity index (χ1v) is 25.2. The van der Waals surface area contributed by atoms with Crippen molar-refractivity contribution in [2.75, 3.05) is 30.5 Å². The zero-order valence-electron chi connectivity index (χ0n) is 37.1. The van der Waals surface area contributed by atoms with Crippen LogP contribution >= 0.6 is 34.5 Å². The number of amides is 1. The van der Waals surface area contributed by atoms with Crippen LogP contribution in [-0.2, 0) is 51.2 Å². The zero-order valence-corrected chi connectivity index (χ0v) is 41.1. The molecule has 15 nitrogen and oxygen atoms in total. The summed E-state index contributed by atoms with van der Waals surface area (Å²) in [7, 11) is -3.67. The van der Waals surface area contributed by atoms with Gasteiger partial charge in [0.2, 0.25) is 0 Å². The highest BCUT2D eigenvalue weighted by atomic mass is 35.5. The third-order valence-electron chi connectivity index (χ3n) is 10.4. The number of pyridine rings is 1. The van der Waals surface area contributed by atoms with Crippen LogP contribution in [-0.4, -0.2) is 81.0 Å². The van der Waals surface area contributed by atoms with Gasteiger partial charge in [0.05, 0.1) is 33.5 Å². The van der Waals surface area contributed by atoms with Gasteiger partial charge < -0.3 is 30.7 Å². The number of sulfonamides is 1. The minimum Gasteiger partial charge on any atom is -0.504 e. The number of ether oxygens (including phenoxy) is 1. The number of carboxylic acids is 2. The van der Waals surface area contributed by atoms with Crippen LogP contribution in [0.2, 0.25) is 10.0 Å². The SMILES string of the molecule is CC1=C(CC(=O)O)c2cc(F)ccc2/C1=C\c1ccc(S(C)=O)cc1.CN1C(C(=O)Nc2ccccn2)=C(O)c2sccc2S1(=O)=O.O=C(O)COC(=O)Cc1ccccc1Nc1c(Cl)cccc1Cl. The van der Waals surface area contributed by atoms with Crippen LogP contribution in [0.3, 0.4) is 0 Å². The van der Waals surface area contributed by atoms with Crippen LogP contribution in [0, 0.1) is 5.82 Å². The molecule has 21 heteroatoms. The van der Waals surface area contributed by atoms with Gasteiger partial charge in [-0.15, -0.1) is 11.3 Å². The van der Waals surface area contributed by atoms with Crippen LogP contribution in [0.5, 0.6) is 0 Å². The zero-order chi connectivity index (χ0) is 50.9. The van der Waals surface area contributed by atoms with Crippen LogP contribution in [0.15, 0.2) is 142 Å². The molecule has 0 spiro atoms. The Kier molecular flexibility index (Phi) is 17.1. The highest BCUT2D eigenvalue weighted by Crippen LogP contribution is 2.44. The van der Waals surface area contributed by atoms with Gasteiger partial charge in [-0.3, -0.25) is 22.9 Å². The van der Waals surface area contributed by atoms with E-state index in [2.05, 4.69) is 20.4 Å². The quantitative estimate of drug-likeness (QED) is 0.0720. The Morgan fingerprint density at radius 2 is 1.57 bits per heavy atom. The van der Waals surface area contributed by atoms with Crippen molar-refractivity contribution in [1.29, 1.82) is 0 Å². The number of anilines is 3. The molecular formula is C49H41Cl2FN4O11S3. The number of rotatable bonds is 12. The molecule has 8 rings (SSSR count). The molecule has 4 aromatic carbocycles. The largest absolute Gasteiger partial charge is 0.504 e. The lowest BCUT2D eigenvalue weighted by atomic mass is 10.0. The van der Waals surface area contributed by atoms with Crippen molar-refractivity contribution in [3.8, 4) is 0 Å². The fourth-order valence-electron chi connectivity index (χ4n) is 7.01. The van der Waals surface area contributed by atoms with Gasteiger partial charge in [-0.05, 0) is 118 Å². The first-order chi connectivity index (χ1) is 33.3. The monoisotopic (exact) mass is 1050 g/mol. The van der Waals surface area contributed by atoms with E-state index in [4.69, 9.17) is 33.4 Å². The van der Waals surface area contributed by atoms with Crippen molar-refractivity contribution in [3.05, 3.63) is 175 Å². The number of para-hydroxylation sites is 2. The van der Waals surface area contributed by atoms with E-state index >= 15 is 0 Å². The fraction of sp³-hybridized carbons (Fsp3) is 0.122. The van der Waals surface area contributed by atoms with E-state index in [1.54, 1.807) is 90.5 Å². The van der Waals surface area contributed by atoms with Gasteiger partial charge in [0.1, 0.15) is 16.5 Å². The Balaban J connectivity index is 0.000000173. The average molecular weight is 1050 g/mol. The molecule has 70 heavy (non-hydrogen) atoms. The smallest absolute Gasteiger partial charge is 0.341 e. The molecule has 1 aliphatic carbocycles. The minimum absolute atomic E-state index is 0.00751. The summed E-state index contributed by atoms with van der Waals surface area (Å²) in [6.45, 7) is 1.20. The van der Waals surface area contributed by atoms with Gasteiger partial charge >= 0.3 is 17.9 Å². The lowest BCUT2D eigenvalue weighted by Gasteiger charge is -2.26. The van der Waals surface area contributed by atoms with Gasteiger partial charge in [0.15, 0.2) is 18.1 Å². The molecule has 0 radical (unpaired) electrons. The van der Waals surface area contributed by atoms with Gasteiger partial charge in [0.25, 0.3) is 15.9 Å². The summed E-state index contributed by atoms with van der Waals surface area (Å²) >= 11 is 13.3. The van der Waals surface area contributed by atoms with Gasteiger partial charge in [-0.1, -0.05) is 71.7 Å². The highest BCUT2D eigenvalue weighted by molar-refractivity contribution is 7.89. The van der Waals surface area contributed by atoms with E-state index in [0.717, 1.165) is 42.8 Å². The highest BCUT2D eigenvalue weighted by Gasteiger charge is 2.39. The number of aliphatic carboxylic acids is 2. The molecule has 1 aliphatic heterocycles. The average Bonchev–Trinajstić information content (AvgIpc) is 3.92. The Morgan fingerprint density at radius 3 is 2.21 bits per heavy atom. The van der Waals surface area contributed by atoms with E-state index < -0.39 is 51.2 Å². The van der Waals surface area contributed by atoms with Crippen molar-refractivity contribution in [2.45, 2.75) is 29.6 Å². The third kappa shape index (κ3) is 12.5. The maximum absolute atomic E-state index is 13.7. The fourth-order valence-corrected chi connectivity index (χ4v) is 10.6. The van der Waals surface area contributed by atoms with E-state index in [1.165, 1.54) is 31.4 Å². The van der Waals surface area contributed by atoms with Gasteiger partial charge in [0, 0.05) is 40.9 Å². The van der Waals surface area contributed by atoms with Crippen molar-refractivity contribution < 1.29 is 56.3 Å². The lowest BCUT2D eigenvalue weighted by molar-refractivity contribution is -0.154. The standard InChI is InChI=1S/C20H17FO3S.C16H13Cl2NO4.C13H11N3O4S2/c1-12-17(9-13-3-6-15(7-4-13)25(2)24)16-8-5-14(21)10-19(16)18(12)11-20(22)23;17-11-5-3-6-12(18)16(11)19-13-7-2-1-4-10(13)8-15(22)23-9-14(20)21;1-16-10(13(18)15-9-4-2-3-6-14-9)11(17)12-8(5-7-21-12)22(16,19)20/h3-10H,11H2,1-2H3,(H,22,23);1-7,19H,8-9H2,(H,20,21);2-7,17H,1H3,(H,14,15,18)/b17-9-;;. The number of benzene rings is 4. The third-order valence-corrected chi connectivity index (χ3v) is 14.8. The second-order valence-corrected chi connectivity index (χ2v) is 20.1. The topological polar surface area (TPSA) is 230 Å². The molecule has 0 saturated carbocycles. The Bertz CT molecular complexity index is 3210. The molecule has 1 atom stereocenters. The van der Waals surface area contributed by atoms with Crippen LogP contribution in [0.25, 0.3) is 23.0 Å². The predicted octanol–water partition coefficient (Wildman–Crippen LogP) is 9.92. The summed E-state index contributed by atoms with van der Waals surface area (Å²) < 4.78 is 55.3. The number of thiophene rings is 1. The van der Waals surface area contributed by atoms with Crippen LogP contribution < -0.4 is 10.6 Å². The van der Waals surface area contributed by atoms with Crippen molar-refractivity contribution in [2.24, 2.45) is 0 Å². The predicted molar refractivity (Wildman–Crippen MR) is 268 cm³/mol. The summed E-state index contributed by atoms with van der Waals surface area (Å²) in [4.78, 5) is 50.5. The van der Waals surface area contributed by atoms with E-state index in [-0.39, 0.29) is 45.7 Å². The molecule has 6 aromatic rings. The molecule has 0 fully saturated rings. The minimum atomic E-state index is -3.85. The molecule has 1 unspecified atom stereocenters. The summed E-state index contributed by atoms with van der Waals surface area (Å²) in [6, 6.07) is 30.3. The second-order valence-electron chi connectivity index (χ2n) is 15.0. The first-order valence-electron chi connectivity index (χ1n) is 20.5. The summed E-state index contributed by atoms with van der Waals surface area (Å²) in [6.07, 6.45) is 4.85. The number of nitrogens with one attached hydrogen (secondary N) is 2. The molecule has 2 aromatic heterocycles. The van der Waals surface area contributed by atoms with E-state index in [1.807, 2.05) is 25.1 Å². The maximum atomic E-state index is 13.7. The number of hydrogen-bond acceptors (Lipinski definition) is 12. The Labute approximate surface area is 417 Å². The molecule has 5 N–H and O–H groups in total. The lowest BCUT2D eigenvalue weighted by Crippen LogP contribution is -2.36. The molecule has 0 bridgehead atoms. The molecule has 2 aliphatic rings. The number of fused-ring (bicyclic) bond motifs is 2. The van der Waals surface area contributed by atoms with Crippen molar-refractivity contribution in [3.63, 3.8) is 0 Å². The number of aromatic nitrogens is 1. The number of likely N-dealkylation sites (N-methyl/N-ethyl adjacent to an activating group) is 1. The van der Waals surface area contributed by atoms with Crippen LogP contribution in [0.4, 0.5) is 21.6 Å². The molecule has 3 heterocycles. The Morgan fingerprint density at radius 1 is 0.886 bits per heavy atom. The molecule has 0 saturated heterocycles. The number of hydrogen-bond donors (Lipinski definition) is 5. The number of esters is 1. The molecular weight excluding hydrogens is 1010 g/mol. The number of aliphatic hydroxyl groups excluding tert-OH is 1. The van der Waals surface area contributed by atoms with E-state index in [9.17, 15) is 41.3 Å². The number of carboxylic acid groups (broad SMARTS) is 2. The van der Waals surface area contributed by atoms with Crippen LogP contribution in [0.1, 0.15) is 40.5 Å². The summed E-state index contributed by atoms with van der Waals surface area (Å²) in [5, 5.41) is 35.9. The number of nitrogens with zero attached hydrogens (tertiary/aromatic N) is 2. The van der Waals surface area contributed by atoms with Crippen molar-refractivity contribution in [1.82, 2.24) is 9.29 Å². The second kappa shape index (κ2) is 23.0. The van der Waals surface area contributed by atoms with Gasteiger partial charge in [-0.2, -0.15) is 0 Å². The summed E-state index contributed by atoms with van der Waals surface area (Å²) in [5.74, 6) is -4.02. The number of halogens is 3. The summed E-state index contributed by atoms with van der Waals surface area (Å²) in [5.41, 5.74) is 6.21. The van der Waals surface area contributed by atoms with Crippen molar-refractivity contribution >= 4 is 119 Å². The van der Waals surface area contributed by atoms with Gasteiger partial charge in [-0.25, -0.2) is 22.6 Å². The molecule has 362 valence electrons.